The molecule has 0 unspecified atom stereocenters. The van der Waals surface area contributed by atoms with Gasteiger partial charge >= 0.3 is 0 Å². The van der Waals surface area contributed by atoms with Crippen LogP contribution in [0.3, 0.4) is 0 Å². The number of carbonyl (C=O) groups excluding carboxylic acids is 1. The van der Waals surface area contributed by atoms with Crippen molar-refractivity contribution in [3.63, 3.8) is 0 Å². The Morgan fingerprint density at radius 1 is 1.04 bits per heavy atom. The van der Waals surface area contributed by atoms with Gasteiger partial charge in [0.1, 0.15) is 5.82 Å². The number of halogens is 1. The van der Waals surface area contributed by atoms with Crippen LogP contribution in [-0.2, 0) is 17.8 Å². The lowest BCUT2D eigenvalue weighted by molar-refractivity contribution is -0.122. The van der Waals surface area contributed by atoms with E-state index in [2.05, 4.69) is 5.32 Å². The van der Waals surface area contributed by atoms with Crippen LogP contribution >= 0.6 is 0 Å². The zero-order valence-corrected chi connectivity index (χ0v) is 15.4. The van der Waals surface area contributed by atoms with Crippen molar-refractivity contribution in [3.8, 4) is 11.5 Å². The number of rotatable bonds is 9. The maximum atomic E-state index is 12.9. The van der Waals surface area contributed by atoms with Crippen molar-refractivity contribution in [2.24, 2.45) is 0 Å². The van der Waals surface area contributed by atoms with Crippen LogP contribution in [0, 0.1) is 5.82 Å². The molecule has 0 spiro atoms. The summed E-state index contributed by atoms with van der Waals surface area (Å²) in [6, 6.07) is 12.0. The quantitative estimate of drug-likeness (QED) is 0.747. The minimum atomic E-state index is -0.255. The van der Waals surface area contributed by atoms with Crippen LogP contribution in [0.4, 0.5) is 4.39 Å². The molecule has 140 valence electrons. The number of nitrogens with one attached hydrogen (secondary N) is 1. The summed E-state index contributed by atoms with van der Waals surface area (Å²) in [5.41, 5.74) is 2.02. The van der Waals surface area contributed by atoms with Crippen LogP contribution in [0.15, 0.2) is 42.5 Å². The van der Waals surface area contributed by atoms with E-state index in [0.29, 0.717) is 31.0 Å². The molecule has 0 saturated heterocycles. The van der Waals surface area contributed by atoms with Gasteiger partial charge in [0.05, 0.1) is 20.8 Å². The second-order valence-corrected chi connectivity index (χ2v) is 6.09. The van der Waals surface area contributed by atoms with Gasteiger partial charge in [-0.15, -0.1) is 0 Å². The lowest BCUT2D eigenvalue weighted by Crippen LogP contribution is -2.35. The largest absolute Gasteiger partial charge is 0.493 e. The molecule has 5 nitrogen and oxygen atoms in total. The van der Waals surface area contributed by atoms with Crippen LogP contribution < -0.4 is 14.8 Å². The topological polar surface area (TPSA) is 50.8 Å². The van der Waals surface area contributed by atoms with E-state index in [4.69, 9.17) is 9.47 Å². The molecular formula is C20H25FN2O3. The lowest BCUT2D eigenvalue weighted by atomic mass is 10.1. The summed E-state index contributed by atoms with van der Waals surface area (Å²) in [5, 5.41) is 2.88. The highest BCUT2D eigenvalue weighted by atomic mass is 19.1. The lowest BCUT2D eigenvalue weighted by Gasteiger charge is -2.17. The normalized spacial score (nSPS) is 10.7. The summed E-state index contributed by atoms with van der Waals surface area (Å²) in [6.07, 6.45) is 0.672. The van der Waals surface area contributed by atoms with Crippen LogP contribution in [0.2, 0.25) is 0 Å². The van der Waals surface area contributed by atoms with Crippen molar-refractivity contribution < 1.29 is 18.7 Å². The molecule has 0 aromatic heterocycles. The fraction of sp³-hybridized carbons (Fsp3) is 0.350. The first-order chi connectivity index (χ1) is 12.5. The van der Waals surface area contributed by atoms with Crippen molar-refractivity contribution in [2.75, 3.05) is 34.4 Å². The molecule has 26 heavy (non-hydrogen) atoms. The second-order valence-electron chi connectivity index (χ2n) is 6.09. The van der Waals surface area contributed by atoms with Crippen molar-refractivity contribution in [3.05, 3.63) is 59.4 Å². The van der Waals surface area contributed by atoms with Gasteiger partial charge < -0.3 is 14.8 Å². The Bertz CT molecular complexity index is 719. The van der Waals surface area contributed by atoms with E-state index in [1.807, 2.05) is 30.1 Å². The number of likely N-dealkylation sites (N-methyl/N-ethyl adjacent to an activating group) is 1. The molecule has 0 bridgehead atoms. The van der Waals surface area contributed by atoms with Gasteiger partial charge in [-0.3, -0.25) is 9.69 Å². The van der Waals surface area contributed by atoms with Gasteiger partial charge in [-0.1, -0.05) is 18.2 Å². The summed E-state index contributed by atoms with van der Waals surface area (Å²) in [4.78, 5) is 14.0. The van der Waals surface area contributed by atoms with Crippen molar-refractivity contribution in [1.82, 2.24) is 10.2 Å². The highest BCUT2D eigenvalue weighted by Gasteiger charge is 2.09. The third-order valence-corrected chi connectivity index (χ3v) is 3.96. The molecule has 2 rings (SSSR count). The molecule has 0 aliphatic carbocycles. The molecule has 0 fully saturated rings. The number of hydrogen-bond acceptors (Lipinski definition) is 4. The Kier molecular flexibility index (Phi) is 7.41. The monoisotopic (exact) mass is 360 g/mol. The summed E-state index contributed by atoms with van der Waals surface area (Å²) in [5.74, 6) is 1.05. The first-order valence-electron chi connectivity index (χ1n) is 8.42. The van der Waals surface area contributed by atoms with Gasteiger partial charge in [-0.05, 0) is 48.9 Å². The molecule has 0 heterocycles. The molecule has 0 radical (unpaired) electrons. The summed E-state index contributed by atoms with van der Waals surface area (Å²) < 4.78 is 23.4. The molecule has 0 atom stereocenters. The van der Waals surface area contributed by atoms with Gasteiger partial charge in [0, 0.05) is 13.1 Å². The Hall–Kier alpha value is -2.60. The number of amides is 1. The van der Waals surface area contributed by atoms with Crippen molar-refractivity contribution >= 4 is 5.91 Å². The fourth-order valence-corrected chi connectivity index (χ4v) is 2.64. The molecule has 2 aromatic carbocycles. The van der Waals surface area contributed by atoms with Crippen molar-refractivity contribution in [2.45, 2.75) is 13.0 Å². The number of carbonyl (C=O) groups is 1. The Morgan fingerprint density at radius 2 is 1.69 bits per heavy atom. The number of methoxy groups -OCH3 is 2. The van der Waals surface area contributed by atoms with Crippen LogP contribution in [0.5, 0.6) is 11.5 Å². The van der Waals surface area contributed by atoms with E-state index in [1.54, 1.807) is 26.4 Å². The molecule has 1 N–H and O–H groups in total. The van der Waals surface area contributed by atoms with Gasteiger partial charge in [0.15, 0.2) is 11.5 Å². The Morgan fingerprint density at radius 3 is 2.35 bits per heavy atom. The zero-order valence-electron chi connectivity index (χ0n) is 15.4. The molecule has 0 saturated carbocycles. The average Bonchev–Trinajstić information content (AvgIpc) is 2.63. The molecule has 1 amide bonds. The maximum absolute atomic E-state index is 12.9. The first-order valence-corrected chi connectivity index (χ1v) is 8.42. The second kappa shape index (κ2) is 9.77. The minimum Gasteiger partial charge on any atom is -0.493 e. The van der Waals surface area contributed by atoms with E-state index in [9.17, 15) is 9.18 Å². The van der Waals surface area contributed by atoms with Crippen LogP contribution in [-0.4, -0.2) is 45.2 Å². The number of benzene rings is 2. The molecule has 6 heteroatoms. The number of nitrogens with zero attached hydrogens (tertiary/aromatic N) is 1. The molecule has 0 aliphatic rings. The standard InChI is InChI=1S/C20H25FN2O3/c1-23(13-16-6-9-18(25-2)19(12-16)26-3)14-20(24)22-11-10-15-4-7-17(21)8-5-15/h4-9,12H,10-11,13-14H2,1-3H3,(H,22,24). The predicted molar refractivity (Wildman–Crippen MR) is 99.0 cm³/mol. The first kappa shape index (κ1) is 19.7. The van der Waals surface area contributed by atoms with Crippen LogP contribution in [0.1, 0.15) is 11.1 Å². The number of hydrogen-bond donors (Lipinski definition) is 1. The number of ether oxygens (including phenoxy) is 2. The highest BCUT2D eigenvalue weighted by Crippen LogP contribution is 2.27. The Balaban J connectivity index is 1.77. The molecule has 2 aromatic rings. The smallest absolute Gasteiger partial charge is 0.234 e. The van der Waals surface area contributed by atoms with Crippen molar-refractivity contribution in [1.29, 1.82) is 0 Å². The third-order valence-electron chi connectivity index (χ3n) is 3.96. The Labute approximate surface area is 153 Å². The van der Waals surface area contributed by atoms with E-state index in [0.717, 1.165) is 11.1 Å². The van der Waals surface area contributed by atoms with Crippen LogP contribution in [0.25, 0.3) is 0 Å². The van der Waals surface area contributed by atoms with E-state index >= 15 is 0 Å². The summed E-state index contributed by atoms with van der Waals surface area (Å²) >= 11 is 0. The third kappa shape index (κ3) is 6.04. The highest BCUT2D eigenvalue weighted by molar-refractivity contribution is 5.77. The van der Waals surface area contributed by atoms with Gasteiger partial charge in [-0.25, -0.2) is 4.39 Å². The zero-order chi connectivity index (χ0) is 18.9. The van der Waals surface area contributed by atoms with E-state index in [-0.39, 0.29) is 18.3 Å². The maximum Gasteiger partial charge on any atom is 0.234 e. The van der Waals surface area contributed by atoms with Gasteiger partial charge in [0.25, 0.3) is 0 Å². The summed E-state index contributed by atoms with van der Waals surface area (Å²) in [6.45, 7) is 1.43. The SMILES string of the molecule is COc1ccc(CN(C)CC(=O)NCCc2ccc(F)cc2)cc1OC. The van der Waals surface area contributed by atoms with Gasteiger partial charge in [0.2, 0.25) is 5.91 Å². The minimum absolute atomic E-state index is 0.0462. The predicted octanol–water partition coefficient (Wildman–Crippen LogP) is 2.63. The fourth-order valence-electron chi connectivity index (χ4n) is 2.64. The average molecular weight is 360 g/mol. The van der Waals surface area contributed by atoms with E-state index in [1.165, 1.54) is 12.1 Å². The summed E-state index contributed by atoms with van der Waals surface area (Å²) in [7, 11) is 5.08. The molecule has 0 aliphatic heterocycles. The van der Waals surface area contributed by atoms with E-state index < -0.39 is 0 Å². The molecular weight excluding hydrogens is 335 g/mol. The van der Waals surface area contributed by atoms with Gasteiger partial charge in [-0.2, -0.15) is 0 Å².